The molecule has 4 aromatic rings. The molecule has 0 saturated heterocycles. The number of hydrogen-bond donors (Lipinski definition) is 0. The molecule has 0 spiro atoms. The maximum Gasteiger partial charge on any atom is 0.243 e. The van der Waals surface area contributed by atoms with Crippen molar-refractivity contribution in [2.75, 3.05) is 7.05 Å². The topological polar surface area (TPSA) is 37.4 Å². The molecule has 0 bridgehead atoms. The summed E-state index contributed by atoms with van der Waals surface area (Å²) in [7, 11) is -2.02. The minimum atomic E-state index is -3.67. The molecular weight excluding hydrogens is 378 g/mol. The number of benzene rings is 4. The first-order chi connectivity index (χ1) is 14.0. The third-order valence-corrected chi connectivity index (χ3v) is 7.10. The molecule has 29 heavy (non-hydrogen) atoms. The van der Waals surface area contributed by atoms with Crippen molar-refractivity contribution in [1.29, 1.82) is 0 Å². The Bertz CT molecular complexity index is 1230. The van der Waals surface area contributed by atoms with E-state index in [1.54, 1.807) is 19.2 Å². The van der Waals surface area contributed by atoms with Crippen molar-refractivity contribution in [3.05, 3.63) is 114 Å². The molecule has 0 saturated carbocycles. The predicted molar refractivity (Wildman–Crippen MR) is 118 cm³/mol. The minimum absolute atomic E-state index is 0.298. The molecule has 3 nitrogen and oxygen atoms in total. The van der Waals surface area contributed by atoms with Gasteiger partial charge < -0.3 is 0 Å². The van der Waals surface area contributed by atoms with E-state index in [-0.39, 0.29) is 0 Å². The largest absolute Gasteiger partial charge is 0.243 e. The summed E-state index contributed by atoms with van der Waals surface area (Å²) in [5.74, 6) is 0. The lowest BCUT2D eigenvalue weighted by Crippen LogP contribution is -2.32. The van der Waals surface area contributed by atoms with Gasteiger partial charge in [-0.3, -0.25) is 0 Å². The summed E-state index contributed by atoms with van der Waals surface area (Å²) in [5, 5.41) is 2.22. The summed E-state index contributed by atoms with van der Waals surface area (Å²) >= 11 is 0. The van der Waals surface area contributed by atoms with Gasteiger partial charge in [0, 0.05) is 7.05 Å². The minimum Gasteiger partial charge on any atom is -0.207 e. The van der Waals surface area contributed by atoms with Gasteiger partial charge in [0.25, 0.3) is 0 Å². The van der Waals surface area contributed by atoms with Crippen LogP contribution in [0.25, 0.3) is 10.8 Å². The van der Waals surface area contributed by atoms with E-state index in [0.717, 1.165) is 27.5 Å². The summed E-state index contributed by atoms with van der Waals surface area (Å²) in [6.45, 7) is 1.95. The van der Waals surface area contributed by atoms with Gasteiger partial charge >= 0.3 is 0 Å². The molecule has 0 aliphatic heterocycles. The predicted octanol–water partition coefficient (Wildman–Crippen LogP) is 5.56. The molecule has 4 rings (SSSR count). The Kier molecular flexibility index (Phi) is 5.22. The molecule has 0 heterocycles. The van der Waals surface area contributed by atoms with Crippen LogP contribution < -0.4 is 0 Å². The maximum absolute atomic E-state index is 13.4. The Morgan fingerprint density at radius 3 is 2.00 bits per heavy atom. The molecule has 0 N–H and O–H groups in total. The first kappa shape index (κ1) is 19.4. The van der Waals surface area contributed by atoms with Crippen molar-refractivity contribution in [1.82, 2.24) is 4.31 Å². The summed E-state index contributed by atoms with van der Waals surface area (Å²) in [6.07, 6.45) is 0. The van der Waals surface area contributed by atoms with Crippen molar-refractivity contribution in [3.63, 3.8) is 0 Å². The number of nitrogens with zero attached hydrogens (tertiary/aromatic N) is 1. The zero-order valence-corrected chi connectivity index (χ0v) is 17.3. The molecule has 0 amide bonds. The van der Waals surface area contributed by atoms with E-state index in [2.05, 4.69) is 18.2 Å². The van der Waals surface area contributed by atoms with Crippen LogP contribution in [-0.4, -0.2) is 19.8 Å². The standard InChI is InChI=1S/C25H23NO2S/c1-19-12-16-24(17-13-19)29(27,28)26(2)25(21-9-4-3-5-10-21)23-15-14-20-8-6-7-11-22(20)18-23/h3-18,25H,1-2H3/t25-/m0/s1. The molecule has 0 fully saturated rings. The van der Waals surface area contributed by atoms with Crippen LogP contribution in [0.3, 0.4) is 0 Å². The van der Waals surface area contributed by atoms with Crippen LogP contribution in [0.1, 0.15) is 22.7 Å². The van der Waals surface area contributed by atoms with E-state index in [1.807, 2.05) is 73.7 Å². The number of aryl methyl sites for hydroxylation is 1. The molecule has 0 aromatic heterocycles. The molecule has 4 heteroatoms. The average molecular weight is 402 g/mol. The zero-order valence-electron chi connectivity index (χ0n) is 16.5. The SMILES string of the molecule is Cc1ccc(S(=O)(=O)N(C)[C@@H](c2ccccc2)c2ccc3ccccc3c2)cc1. The second-order valence-electron chi connectivity index (χ2n) is 7.25. The Balaban J connectivity index is 1.85. The van der Waals surface area contributed by atoms with E-state index >= 15 is 0 Å². The van der Waals surface area contributed by atoms with Gasteiger partial charge in [0.2, 0.25) is 10.0 Å². The van der Waals surface area contributed by atoms with Crippen LogP contribution in [0.15, 0.2) is 102 Å². The fourth-order valence-electron chi connectivity index (χ4n) is 3.64. The van der Waals surface area contributed by atoms with Crippen molar-refractivity contribution < 1.29 is 8.42 Å². The Morgan fingerprint density at radius 1 is 0.690 bits per heavy atom. The third-order valence-electron chi connectivity index (χ3n) is 5.27. The van der Waals surface area contributed by atoms with Crippen molar-refractivity contribution in [3.8, 4) is 0 Å². The van der Waals surface area contributed by atoms with E-state index < -0.39 is 16.1 Å². The molecule has 0 aliphatic rings. The number of fused-ring (bicyclic) bond motifs is 1. The number of sulfonamides is 1. The first-order valence-electron chi connectivity index (χ1n) is 9.55. The molecule has 4 aromatic carbocycles. The van der Waals surface area contributed by atoms with Crippen LogP contribution >= 0.6 is 0 Å². The van der Waals surface area contributed by atoms with Gasteiger partial charge in [-0.1, -0.05) is 84.4 Å². The monoisotopic (exact) mass is 401 g/mol. The quantitative estimate of drug-likeness (QED) is 0.439. The van der Waals surface area contributed by atoms with E-state index in [0.29, 0.717) is 4.90 Å². The van der Waals surface area contributed by atoms with Gasteiger partial charge in [0.1, 0.15) is 0 Å². The van der Waals surface area contributed by atoms with E-state index in [4.69, 9.17) is 0 Å². The summed E-state index contributed by atoms with van der Waals surface area (Å²) in [4.78, 5) is 0.298. The summed E-state index contributed by atoms with van der Waals surface area (Å²) in [5.41, 5.74) is 2.90. The van der Waals surface area contributed by atoms with Gasteiger partial charge in [0.15, 0.2) is 0 Å². The van der Waals surface area contributed by atoms with Crippen molar-refractivity contribution >= 4 is 20.8 Å². The maximum atomic E-state index is 13.4. The Hall–Kier alpha value is -2.95. The lowest BCUT2D eigenvalue weighted by molar-refractivity contribution is 0.418. The molecule has 0 aliphatic carbocycles. The van der Waals surface area contributed by atoms with Gasteiger partial charge in [0.05, 0.1) is 10.9 Å². The van der Waals surface area contributed by atoms with Crippen LogP contribution in [0.4, 0.5) is 0 Å². The average Bonchev–Trinajstić information content (AvgIpc) is 2.75. The highest BCUT2D eigenvalue weighted by Crippen LogP contribution is 2.33. The summed E-state index contributed by atoms with van der Waals surface area (Å²) < 4.78 is 28.3. The fourth-order valence-corrected chi connectivity index (χ4v) is 4.97. The molecule has 0 radical (unpaired) electrons. The van der Waals surface area contributed by atoms with E-state index in [1.165, 1.54) is 4.31 Å². The van der Waals surface area contributed by atoms with Gasteiger partial charge in [-0.15, -0.1) is 0 Å². The molecular formula is C25H23NO2S. The Morgan fingerprint density at radius 2 is 1.31 bits per heavy atom. The first-order valence-corrected chi connectivity index (χ1v) is 11.0. The van der Waals surface area contributed by atoms with Gasteiger partial charge in [-0.05, 0) is 47.0 Å². The lowest BCUT2D eigenvalue weighted by atomic mass is 9.96. The summed E-state index contributed by atoms with van der Waals surface area (Å²) in [6, 6.07) is 30.6. The second-order valence-corrected chi connectivity index (χ2v) is 9.25. The van der Waals surface area contributed by atoms with Gasteiger partial charge in [-0.2, -0.15) is 4.31 Å². The van der Waals surface area contributed by atoms with Crippen LogP contribution in [0.5, 0.6) is 0 Å². The van der Waals surface area contributed by atoms with Crippen LogP contribution in [0, 0.1) is 6.92 Å². The third kappa shape index (κ3) is 3.82. The Labute approximate surface area is 172 Å². The van der Waals surface area contributed by atoms with Crippen molar-refractivity contribution in [2.45, 2.75) is 17.9 Å². The van der Waals surface area contributed by atoms with Crippen molar-refractivity contribution in [2.24, 2.45) is 0 Å². The molecule has 0 unspecified atom stereocenters. The highest BCUT2D eigenvalue weighted by atomic mass is 32.2. The molecule has 1 atom stereocenters. The van der Waals surface area contributed by atoms with Crippen LogP contribution in [0.2, 0.25) is 0 Å². The number of rotatable bonds is 5. The second kappa shape index (κ2) is 7.82. The number of hydrogen-bond acceptors (Lipinski definition) is 2. The fraction of sp³-hybridized carbons (Fsp3) is 0.120. The highest BCUT2D eigenvalue weighted by molar-refractivity contribution is 7.89. The van der Waals surface area contributed by atoms with Crippen LogP contribution in [-0.2, 0) is 10.0 Å². The van der Waals surface area contributed by atoms with E-state index in [9.17, 15) is 8.42 Å². The highest BCUT2D eigenvalue weighted by Gasteiger charge is 2.30. The smallest absolute Gasteiger partial charge is 0.207 e. The van der Waals surface area contributed by atoms with Gasteiger partial charge in [-0.25, -0.2) is 8.42 Å². The lowest BCUT2D eigenvalue weighted by Gasteiger charge is -2.29. The molecule has 146 valence electrons. The normalized spacial score (nSPS) is 12.9. The zero-order chi connectivity index (χ0) is 20.4.